The van der Waals surface area contributed by atoms with E-state index in [1.165, 1.54) is 12.1 Å². The Bertz CT molecular complexity index is 1340. The number of nitrogens with one attached hydrogen (secondary N) is 1. The van der Waals surface area contributed by atoms with Gasteiger partial charge in [-0.3, -0.25) is 0 Å². The van der Waals surface area contributed by atoms with Crippen molar-refractivity contribution in [2.24, 2.45) is 7.05 Å². The van der Waals surface area contributed by atoms with E-state index < -0.39 is 17.8 Å². The molecule has 0 radical (unpaired) electrons. The molecule has 0 unspecified atom stereocenters. The van der Waals surface area contributed by atoms with E-state index in [2.05, 4.69) is 25.8 Å². The van der Waals surface area contributed by atoms with Crippen LogP contribution in [0.5, 0.6) is 5.75 Å². The molecule has 38 heavy (non-hydrogen) atoms. The van der Waals surface area contributed by atoms with E-state index in [0.717, 1.165) is 68.6 Å². The summed E-state index contributed by atoms with van der Waals surface area (Å²) in [6.45, 7) is 0.0207. The summed E-state index contributed by atoms with van der Waals surface area (Å²) < 4.78 is 48.3. The molecule has 0 aliphatic heterocycles. The molecule has 4 aliphatic rings. The molecular weight excluding hydrogens is 503 g/mol. The molecule has 2 bridgehead atoms. The second-order valence-electron chi connectivity index (χ2n) is 11.0. The normalized spacial score (nSPS) is 28.3. The molecule has 4 fully saturated rings. The summed E-state index contributed by atoms with van der Waals surface area (Å²) in [5.74, 6) is 1.74. The van der Waals surface area contributed by atoms with Crippen LogP contribution in [-0.4, -0.2) is 46.5 Å². The number of carboxylic acid groups (broad SMARTS) is 1. The Balaban J connectivity index is 1.03. The lowest BCUT2D eigenvalue weighted by Gasteiger charge is -2.69. The topological polar surface area (TPSA) is 120 Å². The predicted octanol–water partition coefficient (Wildman–Crippen LogP) is 4.35. The molecule has 7 rings (SSSR count). The van der Waals surface area contributed by atoms with Crippen LogP contribution >= 0.6 is 0 Å². The van der Waals surface area contributed by atoms with E-state index in [4.69, 9.17) is 9.84 Å². The van der Waals surface area contributed by atoms with E-state index in [1.807, 2.05) is 22.5 Å². The number of halogens is 3. The van der Waals surface area contributed by atoms with Crippen molar-refractivity contribution in [3.05, 3.63) is 53.4 Å². The number of nitrogens with zero attached hydrogens (tertiary/aromatic N) is 6. The fourth-order valence-corrected chi connectivity index (χ4v) is 6.48. The molecule has 10 nitrogen and oxygen atoms in total. The third kappa shape index (κ3) is 4.27. The first-order chi connectivity index (χ1) is 18.1. The van der Waals surface area contributed by atoms with E-state index >= 15 is 0 Å². The van der Waals surface area contributed by atoms with Gasteiger partial charge in [-0.15, -0.1) is 15.3 Å². The molecule has 0 atom stereocenters. The quantitative estimate of drug-likeness (QED) is 0.465. The van der Waals surface area contributed by atoms with Crippen molar-refractivity contribution in [2.75, 3.05) is 0 Å². The number of hydrogen-bond donors (Lipinski definition) is 2. The number of hydrogen-bond acceptors (Lipinski definition) is 6. The van der Waals surface area contributed by atoms with Crippen LogP contribution in [0.3, 0.4) is 0 Å². The maximum Gasteiger partial charge on any atom is 0.416 e. The molecule has 0 spiro atoms. The molecule has 3 aromatic rings. The maximum atomic E-state index is 13.0. The van der Waals surface area contributed by atoms with Gasteiger partial charge in [0.2, 0.25) is 0 Å². The second-order valence-corrected chi connectivity index (χ2v) is 11.0. The van der Waals surface area contributed by atoms with Crippen LogP contribution in [0, 0.1) is 0 Å². The SMILES string of the molecule is Cn1c(COc2cccc(C(F)(F)F)c2)nnc1C1CCC(n2cc(C34CC(NC(=O)O)(C3)C4)nn2)CC1. The Morgan fingerprint density at radius 2 is 1.89 bits per heavy atom. The Labute approximate surface area is 216 Å². The Hall–Kier alpha value is -3.64. The van der Waals surface area contributed by atoms with Crippen LogP contribution < -0.4 is 10.1 Å². The van der Waals surface area contributed by atoms with Crippen LogP contribution in [0.1, 0.15) is 79.8 Å². The van der Waals surface area contributed by atoms with E-state index in [-0.39, 0.29) is 35.3 Å². The summed E-state index contributed by atoms with van der Waals surface area (Å²) in [6.07, 6.45) is 2.59. The first-order valence-corrected chi connectivity index (χ1v) is 12.7. The van der Waals surface area contributed by atoms with Crippen molar-refractivity contribution < 1.29 is 27.8 Å². The highest BCUT2D eigenvalue weighted by Gasteiger charge is 2.70. The molecule has 2 N–H and O–H groups in total. The van der Waals surface area contributed by atoms with Gasteiger partial charge in [-0.1, -0.05) is 11.3 Å². The standard InChI is InChI=1S/C25H28F3N7O3/c1-34-20(11-38-18-4-2-3-16(9-18)25(26,27)28)31-32-21(34)15-5-7-17(8-6-15)35-10-19(30-33-35)23-12-24(13-23,14-23)29-22(36)37/h2-4,9-10,15,17,29H,5-8,11-14H2,1H3,(H,36,37). The van der Waals surface area contributed by atoms with Gasteiger partial charge < -0.3 is 19.7 Å². The van der Waals surface area contributed by atoms with Gasteiger partial charge in [0.15, 0.2) is 5.82 Å². The number of alkyl halides is 3. The minimum absolute atomic E-state index is 0.0207. The zero-order valence-electron chi connectivity index (χ0n) is 20.8. The zero-order valence-corrected chi connectivity index (χ0v) is 20.8. The number of aromatic nitrogens is 6. The van der Waals surface area contributed by atoms with Gasteiger partial charge in [-0.2, -0.15) is 13.2 Å². The van der Waals surface area contributed by atoms with Crippen molar-refractivity contribution in [3.63, 3.8) is 0 Å². The molecule has 2 aromatic heterocycles. The number of benzene rings is 1. The third-order valence-corrected chi connectivity index (χ3v) is 8.42. The van der Waals surface area contributed by atoms with Crippen LogP contribution in [0.25, 0.3) is 0 Å². The maximum absolute atomic E-state index is 13.0. The van der Waals surface area contributed by atoms with Crippen LogP contribution in [0.15, 0.2) is 30.5 Å². The average Bonchev–Trinajstić information content (AvgIpc) is 3.46. The fraction of sp³-hybridized carbons (Fsp3) is 0.560. The number of ether oxygens (including phenoxy) is 1. The third-order valence-electron chi connectivity index (χ3n) is 8.42. The van der Waals surface area contributed by atoms with Gasteiger partial charge in [0.25, 0.3) is 0 Å². The Kier molecular flexibility index (Phi) is 5.65. The minimum atomic E-state index is -4.43. The van der Waals surface area contributed by atoms with Crippen LogP contribution in [0.2, 0.25) is 0 Å². The molecule has 4 saturated carbocycles. The molecule has 1 amide bonds. The van der Waals surface area contributed by atoms with Gasteiger partial charge in [-0.05, 0) is 63.1 Å². The summed E-state index contributed by atoms with van der Waals surface area (Å²) in [4.78, 5) is 11.0. The van der Waals surface area contributed by atoms with Gasteiger partial charge in [0, 0.05) is 30.1 Å². The lowest BCUT2D eigenvalue weighted by atomic mass is 9.38. The van der Waals surface area contributed by atoms with Crippen molar-refractivity contribution in [3.8, 4) is 5.75 Å². The molecule has 13 heteroatoms. The summed E-state index contributed by atoms with van der Waals surface area (Å²) in [5, 5.41) is 29.1. The van der Waals surface area contributed by atoms with Gasteiger partial charge in [-0.25, -0.2) is 9.48 Å². The van der Waals surface area contributed by atoms with Gasteiger partial charge in [0.05, 0.1) is 17.3 Å². The van der Waals surface area contributed by atoms with E-state index in [0.29, 0.717) is 5.82 Å². The highest BCUT2D eigenvalue weighted by Crippen LogP contribution is 2.67. The lowest BCUT2D eigenvalue weighted by Crippen LogP contribution is -2.76. The first-order valence-electron chi connectivity index (χ1n) is 12.7. The molecule has 4 aliphatic carbocycles. The number of rotatable bonds is 7. The molecule has 1 aromatic carbocycles. The van der Waals surface area contributed by atoms with Gasteiger partial charge in [0.1, 0.15) is 18.2 Å². The molecule has 0 saturated heterocycles. The summed E-state index contributed by atoms with van der Waals surface area (Å²) in [6, 6.07) is 5.03. The predicted molar refractivity (Wildman–Crippen MR) is 126 cm³/mol. The Morgan fingerprint density at radius 3 is 2.58 bits per heavy atom. The number of carbonyl (C=O) groups is 1. The highest BCUT2D eigenvalue weighted by atomic mass is 19.4. The summed E-state index contributed by atoms with van der Waals surface area (Å²) in [5.41, 5.74) is -0.121. The largest absolute Gasteiger partial charge is 0.486 e. The lowest BCUT2D eigenvalue weighted by molar-refractivity contribution is -0.137. The van der Waals surface area contributed by atoms with Crippen molar-refractivity contribution >= 4 is 6.09 Å². The molecular formula is C25H28F3N7O3. The second kappa shape index (κ2) is 8.70. The smallest absolute Gasteiger partial charge is 0.416 e. The van der Waals surface area contributed by atoms with Crippen molar-refractivity contribution in [1.82, 2.24) is 35.1 Å². The monoisotopic (exact) mass is 531 g/mol. The first kappa shape index (κ1) is 24.7. The average molecular weight is 532 g/mol. The van der Waals surface area contributed by atoms with E-state index in [1.54, 1.807) is 0 Å². The van der Waals surface area contributed by atoms with Crippen molar-refractivity contribution in [1.29, 1.82) is 0 Å². The minimum Gasteiger partial charge on any atom is -0.486 e. The Morgan fingerprint density at radius 1 is 1.16 bits per heavy atom. The molecule has 2 heterocycles. The van der Waals surface area contributed by atoms with Crippen LogP contribution in [-0.2, 0) is 25.2 Å². The molecule has 202 valence electrons. The number of amides is 1. The zero-order chi connectivity index (χ0) is 26.7. The fourth-order valence-electron chi connectivity index (χ4n) is 6.48. The van der Waals surface area contributed by atoms with Crippen molar-refractivity contribution in [2.45, 2.75) is 80.6 Å². The van der Waals surface area contributed by atoms with Crippen LogP contribution in [0.4, 0.5) is 18.0 Å². The summed E-state index contributed by atoms with van der Waals surface area (Å²) in [7, 11) is 1.85. The van der Waals surface area contributed by atoms with Gasteiger partial charge >= 0.3 is 12.3 Å². The highest BCUT2D eigenvalue weighted by molar-refractivity contribution is 5.67. The summed E-state index contributed by atoms with van der Waals surface area (Å²) >= 11 is 0. The van der Waals surface area contributed by atoms with E-state index in [9.17, 15) is 18.0 Å².